The summed E-state index contributed by atoms with van der Waals surface area (Å²) in [5.74, 6) is -1.74. The second-order valence-electron chi connectivity index (χ2n) is 4.56. The minimum absolute atomic E-state index is 0.0618. The maximum atomic E-state index is 11.8. The summed E-state index contributed by atoms with van der Waals surface area (Å²) in [7, 11) is -3.48. The highest BCUT2D eigenvalue weighted by atomic mass is 32.2. The van der Waals surface area contributed by atoms with Gasteiger partial charge >= 0.3 is 5.97 Å². The Labute approximate surface area is 119 Å². The lowest BCUT2D eigenvalue weighted by Crippen LogP contribution is -2.34. The fraction of sp³-hybridized carbons (Fsp3) is 0.538. The van der Waals surface area contributed by atoms with E-state index in [0.29, 0.717) is 25.0 Å². The summed E-state index contributed by atoms with van der Waals surface area (Å²) < 4.78 is 26.0. The molecule has 0 aromatic carbocycles. The van der Waals surface area contributed by atoms with Crippen LogP contribution in [0.1, 0.15) is 25.5 Å². The third-order valence-electron chi connectivity index (χ3n) is 2.89. The number of hydrogen-bond acceptors (Lipinski definition) is 4. The van der Waals surface area contributed by atoms with E-state index in [0.717, 1.165) is 0 Å². The molecule has 6 nitrogen and oxygen atoms in total. The van der Waals surface area contributed by atoms with Crippen LogP contribution in [0.5, 0.6) is 0 Å². The molecule has 112 valence electrons. The van der Waals surface area contributed by atoms with Crippen molar-refractivity contribution in [2.24, 2.45) is 5.92 Å². The van der Waals surface area contributed by atoms with E-state index in [2.05, 4.69) is 9.71 Å². The lowest BCUT2D eigenvalue weighted by Gasteiger charge is -2.12. The van der Waals surface area contributed by atoms with Crippen molar-refractivity contribution in [3.05, 3.63) is 30.1 Å². The smallest absolute Gasteiger partial charge is 0.307 e. The third kappa shape index (κ3) is 6.12. The fourth-order valence-electron chi connectivity index (χ4n) is 1.75. The van der Waals surface area contributed by atoms with Crippen LogP contribution in [0.2, 0.25) is 0 Å². The van der Waals surface area contributed by atoms with Crippen molar-refractivity contribution in [2.75, 3.05) is 12.3 Å². The van der Waals surface area contributed by atoms with Gasteiger partial charge in [-0.05, 0) is 18.6 Å². The fourth-order valence-corrected chi connectivity index (χ4v) is 2.82. The Bertz CT molecular complexity index is 516. The summed E-state index contributed by atoms with van der Waals surface area (Å²) in [5, 5.41) is 8.96. The molecule has 0 bridgehead atoms. The second kappa shape index (κ2) is 7.96. The summed E-state index contributed by atoms with van der Waals surface area (Å²) in [6, 6.07) is 5.31. The molecule has 0 radical (unpaired) electrons. The first kappa shape index (κ1) is 16.6. The second-order valence-corrected chi connectivity index (χ2v) is 6.49. The average molecular weight is 300 g/mol. The van der Waals surface area contributed by atoms with E-state index in [9.17, 15) is 13.2 Å². The molecule has 0 fully saturated rings. The molecule has 0 amide bonds. The molecule has 7 heteroatoms. The Morgan fingerprint density at radius 3 is 2.75 bits per heavy atom. The molecule has 1 atom stereocenters. The van der Waals surface area contributed by atoms with Crippen LogP contribution in [0, 0.1) is 5.92 Å². The monoisotopic (exact) mass is 300 g/mol. The average Bonchev–Trinajstić information content (AvgIpc) is 2.42. The number of nitrogens with one attached hydrogen (secondary N) is 1. The van der Waals surface area contributed by atoms with Crippen molar-refractivity contribution in [1.29, 1.82) is 0 Å². The Morgan fingerprint density at radius 2 is 2.20 bits per heavy atom. The predicted octanol–water partition coefficient (Wildman–Crippen LogP) is 1.04. The molecular weight excluding hydrogens is 280 g/mol. The Hall–Kier alpha value is -1.47. The van der Waals surface area contributed by atoms with Crippen LogP contribution in [-0.2, 0) is 21.2 Å². The number of sulfonamides is 1. The zero-order chi connectivity index (χ0) is 15.0. The summed E-state index contributed by atoms with van der Waals surface area (Å²) in [6.45, 7) is 1.80. The topological polar surface area (TPSA) is 96.4 Å². The van der Waals surface area contributed by atoms with E-state index in [1.165, 1.54) is 0 Å². The van der Waals surface area contributed by atoms with Crippen LogP contribution >= 0.6 is 0 Å². The number of pyridine rings is 1. The van der Waals surface area contributed by atoms with E-state index in [1.807, 2.05) is 6.92 Å². The van der Waals surface area contributed by atoms with Crippen molar-refractivity contribution in [3.8, 4) is 0 Å². The molecular formula is C13H20N2O4S. The van der Waals surface area contributed by atoms with E-state index in [4.69, 9.17) is 5.11 Å². The first-order valence-corrected chi connectivity index (χ1v) is 8.20. The van der Waals surface area contributed by atoms with Crippen molar-refractivity contribution >= 4 is 16.0 Å². The highest BCUT2D eigenvalue weighted by Gasteiger charge is 2.19. The molecule has 1 heterocycles. The van der Waals surface area contributed by atoms with E-state index >= 15 is 0 Å². The Balaban J connectivity index is 2.47. The number of nitrogens with zero attached hydrogens (tertiary/aromatic N) is 1. The highest BCUT2D eigenvalue weighted by molar-refractivity contribution is 7.89. The van der Waals surface area contributed by atoms with E-state index in [1.54, 1.807) is 24.4 Å². The van der Waals surface area contributed by atoms with Gasteiger partial charge in [0, 0.05) is 24.9 Å². The maximum absolute atomic E-state index is 11.8. The number of carboxylic acid groups (broad SMARTS) is 1. The van der Waals surface area contributed by atoms with Gasteiger partial charge < -0.3 is 5.11 Å². The molecule has 0 aliphatic rings. The molecule has 0 spiro atoms. The van der Waals surface area contributed by atoms with Gasteiger partial charge in [0.1, 0.15) is 0 Å². The number of carbonyl (C=O) groups is 1. The predicted molar refractivity (Wildman–Crippen MR) is 75.8 cm³/mol. The van der Waals surface area contributed by atoms with Gasteiger partial charge in [0.15, 0.2) is 0 Å². The number of rotatable bonds is 9. The Kier molecular flexibility index (Phi) is 6.60. The largest absolute Gasteiger partial charge is 0.481 e. The molecule has 1 unspecified atom stereocenters. The molecule has 0 saturated carbocycles. The first-order chi connectivity index (χ1) is 9.44. The van der Waals surface area contributed by atoms with Gasteiger partial charge in [0.2, 0.25) is 10.0 Å². The number of aliphatic carboxylic acids is 1. The van der Waals surface area contributed by atoms with Gasteiger partial charge in [0.25, 0.3) is 0 Å². The van der Waals surface area contributed by atoms with Crippen molar-refractivity contribution in [3.63, 3.8) is 0 Å². The molecule has 2 N–H and O–H groups in total. The normalized spacial score (nSPS) is 13.1. The van der Waals surface area contributed by atoms with Gasteiger partial charge in [-0.25, -0.2) is 13.1 Å². The molecule has 1 aromatic heterocycles. The van der Waals surface area contributed by atoms with Crippen LogP contribution in [0.15, 0.2) is 24.4 Å². The van der Waals surface area contributed by atoms with E-state index in [-0.39, 0.29) is 12.3 Å². The molecule has 0 aliphatic heterocycles. The molecule has 0 aliphatic carbocycles. The van der Waals surface area contributed by atoms with Gasteiger partial charge in [-0.1, -0.05) is 19.4 Å². The van der Waals surface area contributed by atoms with Crippen LogP contribution in [-0.4, -0.2) is 36.8 Å². The zero-order valence-corrected chi connectivity index (χ0v) is 12.3. The lowest BCUT2D eigenvalue weighted by atomic mass is 10.1. The minimum Gasteiger partial charge on any atom is -0.481 e. The quantitative estimate of drug-likeness (QED) is 0.710. The van der Waals surface area contributed by atoms with E-state index < -0.39 is 21.9 Å². The van der Waals surface area contributed by atoms with Crippen molar-refractivity contribution in [2.45, 2.75) is 26.2 Å². The SMILES string of the molecule is CCCC(CNS(=O)(=O)CCc1ccccn1)C(=O)O. The van der Waals surface area contributed by atoms with Gasteiger partial charge in [-0.2, -0.15) is 0 Å². The minimum atomic E-state index is -3.48. The van der Waals surface area contributed by atoms with Crippen molar-refractivity contribution in [1.82, 2.24) is 9.71 Å². The van der Waals surface area contributed by atoms with Crippen molar-refractivity contribution < 1.29 is 18.3 Å². The molecule has 1 aromatic rings. The highest BCUT2D eigenvalue weighted by Crippen LogP contribution is 2.06. The molecule has 0 saturated heterocycles. The number of aromatic nitrogens is 1. The van der Waals surface area contributed by atoms with Gasteiger partial charge in [0.05, 0.1) is 11.7 Å². The Morgan fingerprint density at radius 1 is 1.45 bits per heavy atom. The summed E-state index contributed by atoms with van der Waals surface area (Å²) in [4.78, 5) is 15.0. The summed E-state index contributed by atoms with van der Waals surface area (Å²) in [6.07, 6.45) is 3.07. The number of carboxylic acids is 1. The van der Waals surface area contributed by atoms with Gasteiger partial charge in [-0.15, -0.1) is 0 Å². The number of hydrogen-bond donors (Lipinski definition) is 2. The van der Waals surface area contributed by atoms with Crippen LogP contribution in [0.4, 0.5) is 0 Å². The number of aryl methyl sites for hydroxylation is 1. The van der Waals surface area contributed by atoms with Crippen LogP contribution in [0.3, 0.4) is 0 Å². The third-order valence-corrected chi connectivity index (χ3v) is 4.24. The van der Waals surface area contributed by atoms with Crippen LogP contribution < -0.4 is 4.72 Å². The lowest BCUT2D eigenvalue weighted by molar-refractivity contribution is -0.141. The molecule has 1 rings (SSSR count). The van der Waals surface area contributed by atoms with Crippen LogP contribution in [0.25, 0.3) is 0 Å². The summed E-state index contributed by atoms with van der Waals surface area (Å²) in [5.41, 5.74) is 0.696. The summed E-state index contributed by atoms with van der Waals surface area (Å²) >= 11 is 0. The van der Waals surface area contributed by atoms with Gasteiger partial charge in [-0.3, -0.25) is 9.78 Å². The molecule has 20 heavy (non-hydrogen) atoms. The standard InChI is InChI=1S/C13H20N2O4S/c1-2-5-11(13(16)17)10-15-20(18,19)9-7-12-6-3-4-8-14-12/h3-4,6,8,11,15H,2,5,7,9-10H2,1H3,(H,16,17). The zero-order valence-electron chi connectivity index (χ0n) is 11.4. The maximum Gasteiger partial charge on any atom is 0.307 e. The first-order valence-electron chi connectivity index (χ1n) is 6.54.